The number of carbonyl (C=O) groups is 1. The summed E-state index contributed by atoms with van der Waals surface area (Å²) in [6, 6.07) is 0. The smallest absolute Gasteiger partial charge is 0.450 e. The van der Waals surface area contributed by atoms with Gasteiger partial charge in [0.25, 0.3) is 0 Å². The molecule has 280 valence electrons. The Labute approximate surface area is 300 Å². The Kier molecular flexibility index (Phi) is 36.6. The first kappa shape index (κ1) is 46.2. The van der Waals surface area contributed by atoms with E-state index in [4.69, 9.17) is 4.74 Å². The number of rotatable bonds is 36. The van der Waals surface area contributed by atoms with Crippen LogP contribution >= 0.6 is 0 Å². The average molecular weight is 672 g/mol. The van der Waals surface area contributed by atoms with Gasteiger partial charge in [0.05, 0.1) is 6.61 Å². The van der Waals surface area contributed by atoms with Gasteiger partial charge < -0.3 is 14.7 Å². The Hall–Kier alpha value is -1.81. The molecule has 0 saturated carbocycles. The molecule has 0 spiro atoms. The molecule has 2 unspecified atom stereocenters. The van der Waals surface area contributed by atoms with Gasteiger partial charge in [-0.3, -0.25) is 0 Å². The van der Waals surface area contributed by atoms with E-state index in [1.807, 2.05) is 0 Å². The van der Waals surface area contributed by atoms with Gasteiger partial charge >= 0.3 is 6.16 Å². The zero-order chi connectivity index (χ0) is 35.2. The van der Waals surface area contributed by atoms with Crippen LogP contribution in [0.5, 0.6) is 0 Å². The van der Waals surface area contributed by atoms with Gasteiger partial charge in [-0.25, -0.2) is 4.79 Å². The van der Waals surface area contributed by atoms with E-state index in [0.29, 0.717) is 18.4 Å². The Morgan fingerprint density at radius 3 is 1.31 bits per heavy atom. The van der Waals surface area contributed by atoms with E-state index in [0.717, 1.165) is 25.8 Å². The first-order valence-corrected chi connectivity index (χ1v) is 20.6. The van der Waals surface area contributed by atoms with E-state index in [-0.39, 0.29) is 0 Å². The normalized spacial score (nSPS) is 13.6. The highest BCUT2D eigenvalue weighted by Crippen LogP contribution is 2.30. The molecule has 1 N–H and O–H groups in total. The van der Waals surface area contributed by atoms with Crippen molar-refractivity contribution in [1.29, 1.82) is 0 Å². The van der Waals surface area contributed by atoms with Crippen LogP contribution < -0.4 is 0 Å². The quantitative estimate of drug-likeness (QED) is 0.0409. The maximum Gasteiger partial charge on any atom is 0.505 e. The maximum absolute atomic E-state index is 11.3. The van der Waals surface area contributed by atoms with Crippen molar-refractivity contribution in [2.45, 2.75) is 187 Å². The highest BCUT2D eigenvalue weighted by Gasteiger charge is 2.22. The van der Waals surface area contributed by atoms with Gasteiger partial charge in [0, 0.05) is 0 Å². The van der Waals surface area contributed by atoms with Crippen molar-refractivity contribution in [2.24, 2.45) is 11.8 Å². The lowest BCUT2D eigenvalue weighted by Crippen LogP contribution is -2.24. The van der Waals surface area contributed by atoms with E-state index in [2.05, 4.69) is 81.5 Å². The molecule has 0 saturated heterocycles. The Balaban J connectivity index is 4.36. The van der Waals surface area contributed by atoms with Crippen LogP contribution in [-0.4, -0.2) is 43.4 Å². The number of nitrogens with zero attached hydrogens (tertiary/aromatic N) is 1. The Morgan fingerprint density at radius 2 is 0.896 bits per heavy atom. The highest BCUT2D eigenvalue weighted by atomic mass is 16.7. The molecule has 0 bridgehead atoms. The summed E-state index contributed by atoms with van der Waals surface area (Å²) in [6.45, 7) is 5.97. The minimum atomic E-state index is -1.12. The van der Waals surface area contributed by atoms with Crippen LogP contribution in [0.15, 0.2) is 48.6 Å². The molecular formula is C44H81NO3. The minimum Gasteiger partial charge on any atom is -0.450 e. The topological polar surface area (TPSA) is 49.8 Å². The fourth-order valence-corrected chi connectivity index (χ4v) is 6.53. The molecule has 0 radical (unpaired) electrons. The first-order chi connectivity index (χ1) is 23.5. The second-order valence-corrected chi connectivity index (χ2v) is 14.4. The lowest BCUT2D eigenvalue weighted by molar-refractivity contribution is 0.0593. The van der Waals surface area contributed by atoms with Crippen molar-refractivity contribution < 1.29 is 14.6 Å². The predicted octanol–water partition coefficient (Wildman–Crippen LogP) is 14.3. The summed E-state index contributed by atoms with van der Waals surface area (Å²) in [5.41, 5.74) is 0. The molecule has 0 aliphatic heterocycles. The van der Waals surface area contributed by atoms with Gasteiger partial charge in [-0.05, 0) is 116 Å². The number of unbranched alkanes of at least 4 members (excludes halogenated alkanes) is 17. The van der Waals surface area contributed by atoms with E-state index in [1.54, 1.807) is 0 Å². The molecule has 0 aromatic rings. The van der Waals surface area contributed by atoms with E-state index in [1.165, 1.54) is 154 Å². The summed E-state index contributed by atoms with van der Waals surface area (Å²) >= 11 is 0. The molecule has 0 amide bonds. The number of carboxylic acid groups (broad SMARTS) is 1. The summed E-state index contributed by atoms with van der Waals surface area (Å²) < 4.78 is 5.21. The zero-order valence-electron chi connectivity index (χ0n) is 32.5. The molecule has 4 nitrogen and oxygen atoms in total. The third-order valence-corrected chi connectivity index (χ3v) is 9.57. The van der Waals surface area contributed by atoms with Gasteiger partial charge in [0.15, 0.2) is 0 Å². The van der Waals surface area contributed by atoms with Crippen molar-refractivity contribution in [1.82, 2.24) is 4.90 Å². The van der Waals surface area contributed by atoms with Crippen molar-refractivity contribution in [3.8, 4) is 0 Å². The van der Waals surface area contributed by atoms with Crippen molar-refractivity contribution in [3.63, 3.8) is 0 Å². The standard InChI is InChI=1S/C44H81NO3/c1-5-7-9-11-13-15-17-19-21-23-25-27-29-31-33-35-38-43(41-48-44(46)47)42(39-36-40-45(3)4)37-34-32-30-28-26-24-22-20-18-16-14-12-10-8-6-2/h13-16,19-22,42-43H,5-12,17-18,23-41H2,1-4H3,(H,46,47)/b15-13-,16-14-,21-19-,22-20-. The zero-order valence-corrected chi connectivity index (χ0v) is 32.5. The number of allylic oxidation sites excluding steroid dienone is 8. The molecule has 0 aliphatic carbocycles. The molecule has 0 aliphatic rings. The van der Waals surface area contributed by atoms with Gasteiger partial charge in [0.2, 0.25) is 0 Å². The molecule has 0 aromatic carbocycles. The molecule has 4 heteroatoms. The van der Waals surface area contributed by atoms with E-state index >= 15 is 0 Å². The Morgan fingerprint density at radius 1 is 0.521 bits per heavy atom. The summed E-state index contributed by atoms with van der Waals surface area (Å²) in [6.07, 6.45) is 51.1. The van der Waals surface area contributed by atoms with Crippen LogP contribution in [0.25, 0.3) is 0 Å². The molecule has 0 heterocycles. The first-order valence-electron chi connectivity index (χ1n) is 20.6. The molecule has 0 fully saturated rings. The lowest BCUT2D eigenvalue weighted by atomic mass is 9.81. The molecule has 0 rings (SSSR count). The van der Waals surface area contributed by atoms with Gasteiger partial charge in [-0.15, -0.1) is 0 Å². The van der Waals surface area contributed by atoms with E-state index < -0.39 is 6.16 Å². The second-order valence-electron chi connectivity index (χ2n) is 14.4. The van der Waals surface area contributed by atoms with Crippen LogP contribution in [0.1, 0.15) is 187 Å². The summed E-state index contributed by atoms with van der Waals surface area (Å²) in [7, 11) is 4.29. The molecule has 48 heavy (non-hydrogen) atoms. The largest absolute Gasteiger partial charge is 0.505 e. The minimum absolute atomic E-state index is 0.347. The second kappa shape index (κ2) is 38.0. The third-order valence-electron chi connectivity index (χ3n) is 9.57. The van der Waals surface area contributed by atoms with Crippen LogP contribution in [0.3, 0.4) is 0 Å². The maximum atomic E-state index is 11.3. The SMILES string of the molecule is CCCCC/C=C\C/C=C\CCCCCCCCC(COC(=O)O)C(CCCCCCC/C=C\C/C=C\CCCCC)CCCN(C)C. The van der Waals surface area contributed by atoms with Crippen molar-refractivity contribution in [2.75, 3.05) is 27.2 Å². The Bertz CT molecular complexity index is 784. The summed E-state index contributed by atoms with van der Waals surface area (Å²) in [5.74, 6) is 0.903. The lowest BCUT2D eigenvalue weighted by Gasteiger charge is -2.27. The summed E-state index contributed by atoms with van der Waals surface area (Å²) in [5, 5.41) is 9.28. The van der Waals surface area contributed by atoms with Gasteiger partial charge in [-0.2, -0.15) is 0 Å². The van der Waals surface area contributed by atoms with Crippen LogP contribution in [-0.2, 0) is 4.74 Å². The van der Waals surface area contributed by atoms with Gasteiger partial charge in [-0.1, -0.05) is 152 Å². The third kappa shape index (κ3) is 35.5. The number of hydrogen-bond acceptors (Lipinski definition) is 3. The van der Waals surface area contributed by atoms with Crippen molar-refractivity contribution in [3.05, 3.63) is 48.6 Å². The number of hydrogen-bond donors (Lipinski definition) is 1. The van der Waals surface area contributed by atoms with Crippen LogP contribution in [0.4, 0.5) is 4.79 Å². The van der Waals surface area contributed by atoms with E-state index in [9.17, 15) is 9.90 Å². The number of ether oxygens (including phenoxy) is 1. The van der Waals surface area contributed by atoms with Crippen LogP contribution in [0.2, 0.25) is 0 Å². The fourth-order valence-electron chi connectivity index (χ4n) is 6.53. The fraction of sp³-hybridized carbons (Fsp3) is 0.795. The summed E-state index contributed by atoms with van der Waals surface area (Å²) in [4.78, 5) is 13.6. The molecule has 2 atom stereocenters. The molecular weight excluding hydrogens is 590 g/mol. The highest BCUT2D eigenvalue weighted by molar-refractivity contribution is 5.56. The van der Waals surface area contributed by atoms with Gasteiger partial charge in [0.1, 0.15) is 0 Å². The van der Waals surface area contributed by atoms with Crippen LogP contribution in [0, 0.1) is 11.8 Å². The predicted molar refractivity (Wildman–Crippen MR) is 212 cm³/mol. The molecule has 0 aromatic heterocycles. The van der Waals surface area contributed by atoms with Crippen molar-refractivity contribution >= 4 is 6.16 Å². The average Bonchev–Trinajstić information content (AvgIpc) is 3.06. The monoisotopic (exact) mass is 672 g/mol.